The minimum absolute atomic E-state index is 0.0248. The van der Waals surface area contributed by atoms with E-state index in [-0.39, 0.29) is 25.9 Å². The molecule has 1 heterocycles. The zero-order valence-corrected chi connectivity index (χ0v) is 17.9. The van der Waals surface area contributed by atoms with Gasteiger partial charge in [-0.2, -0.15) is 0 Å². The van der Waals surface area contributed by atoms with Crippen molar-refractivity contribution < 1.29 is 23.9 Å². The van der Waals surface area contributed by atoms with E-state index in [1.807, 2.05) is 60.8 Å². The predicted molar refractivity (Wildman–Crippen MR) is 119 cm³/mol. The van der Waals surface area contributed by atoms with Gasteiger partial charge in [0.1, 0.15) is 18.7 Å². The number of methoxy groups -OCH3 is 1. The summed E-state index contributed by atoms with van der Waals surface area (Å²) < 4.78 is 10.0. The lowest BCUT2D eigenvalue weighted by molar-refractivity contribution is -0.147. The number of benzene rings is 2. The fourth-order valence-corrected chi connectivity index (χ4v) is 3.36. The van der Waals surface area contributed by atoms with Gasteiger partial charge in [0.15, 0.2) is 0 Å². The van der Waals surface area contributed by atoms with Crippen LogP contribution in [0.3, 0.4) is 0 Å². The van der Waals surface area contributed by atoms with E-state index in [9.17, 15) is 14.4 Å². The number of hydrogen-bond acceptors (Lipinski definition) is 6. The Morgan fingerprint density at radius 3 is 2.50 bits per heavy atom. The van der Waals surface area contributed by atoms with Crippen molar-refractivity contribution in [2.75, 3.05) is 7.11 Å². The zero-order chi connectivity index (χ0) is 22.9. The van der Waals surface area contributed by atoms with Gasteiger partial charge in [0.2, 0.25) is 5.91 Å². The number of carbonyl (C=O) groups excluding carboxylic acids is 3. The number of hydrogen-bond donors (Lipinski definition) is 3. The van der Waals surface area contributed by atoms with E-state index >= 15 is 0 Å². The van der Waals surface area contributed by atoms with Crippen LogP contribution >= 0.6 is 0 Å². The standard InChI is InChI=1S/C24H27N3O5/c1-31-24(30)21(13-17-14-26-20-10-6-5-9-18(17)20)27-22(28)12-11-19(25)23(29)32-15-16-7-3-2-4-8-16/h2-10,14,19,21,26H,11-13,15,25H2,1H3,(H,27,28)/t19-,21+/m1/s1. The number of H-pyrrole nitrogens is 1. The maximum atomic E-state index is 12.4. The third kappa shape index (κ3) is 6.18. The number of nitrogens with two attached hydrogens (primary N) is 1. The first-order valence-corrected chi connectivity index (χ1v) is 10.4. The molecule has 3 aromatic rings. The van der Waals surface area contributed by atoms with Crippen LogP contribution in [0, 0.1) is 0 Å². The number of aromatic nitrogens is 1. The van der Waals surface area contributed by atoms with E-state index < -0.39 is 29.9 Å². The molecular weight excluding hydrogens is 410 g/mol. The molecule has 0 spiro atoms. The van der Waals surface area contributed by atoms with Gasteiger partial charge in [-0.1, -0.05) is 48.5 Å². The third-order valence-corrected chi connectivity index (χ3v) is 5.13. The molecule has 168 valence electrons. The molecule has 0 aliphatic rings. The molecule has 0 saturated heterocycles. The van der Waals surface area contributed by atoms with Crippen LogP contribution in [-0.2, 0) is 36.9 Å². The van der Waals surface area contributed by atoms with Crippen molar-refractivity contribution in [3.63, 3.8) is 0 Å². The molecule has 2 aromatic carbocycles. The summed E-state index contributed by atoms with van der Waals surface area (Å²) in [5.74, 6) is -1.52. The van der Waals surface area contributed by atoms with Gasteiger partial charge in [-0.25, -0.2) is 4.79 Å². The Kier molecular flexibility index (Phi) is 7.99. The highest BCUT2D eigenvalue weighted by molar-refractivity contribution is 5.87. The van der Waals surface area contributed by atoms with Gasteiger partial charge in [0.25, 0.3) is 0 Å². The molecule has 8 nitrogen and oxygen atoms in total. The largest absolute Gasteiger partial charge is 0.467 e. The monoisotopic (exact) mass is 437 g/mol. The first-order chi connectivity index (χ1) is 15.5. The van der Waals surface area contributed by atoms with Crippen LogP contribution in [0.4, 0.5) is 0 Å². The van der Waals surface area contributed by atoms with Crippen molar-refractivity contribution >= 4 is 28.7 Å². The van der Waals surface area contributed by atoms with E-state index in [4.69, 9.17) is 15.2 Å². The van der Waals surface area contributed by atoms with Crippen LogP contribution in [0.5, 0.6) is 0 Å². The van der Waals surface area contributed by atoms with Crippen molar-refractivity contribution in [3.05, 3.63) is 71.9 Å². The number of ether oxygens (including phenoxy) is 2. The average Bonchev–Trinajstić information content (AvgIpc) is 3.23. The summed E-state index contributed by atoms with van der Waals surface area (Å²) in [6, 6.07) is 15.2. The maximum absolute atomic E-state index is 12.4. The number of nitrogens with one attached hydrogen (secondary N) is 2. The maximum Gasteiger partial charge on any atom is 0.328 e. The summed E-state index contributed by atoms with van der Waals surface area (Å²) in [6.45, 7) is 0.120. The van der Waals surface area contributed by atoms with Crippen molar-refractivity contribution in [2.45, 2.75) is 38.0 Å². The summed E-state index contributed by atoms with van der Waals surface area (Å²) in [6.07, 6.45) is 2.16. The number of para-hydroxylation sites is 1. The Bertz CT molecular complexity index is 1060. The van der Waals surface area contributed by atoms with Crippen LogP contribution in [0.1, 0.15) is 24.0 Å². The third-order valence-electron chi connectivity index (χ3n) is 5.13. The molecule has 0 aliphatic carbocycles. The fourth-order valence-electron chi connectivity index (χ4n) is 3.36. The molecule has 1 aromatic heterocycles. The first-order valence-electron chi connectivity index (χ1n) is 10.4. The van der Waals surface area contributed by atoms with Crippen LogP contribution in [0.2, 0.25) is 0 Å². The van der Waals surface area contributed by atoms with Gasteiger partial charge in [0.05, 0.1) is 7.11 Å². The predicted octanol–water partition coefficient (Wildman–Crippen LogP) is 2.22. The van der Waals surface area contributed by atoms with Gasteiger partial charge in [0, 0.05) is 29.9 Å². The Morgan fingerprint density at radius 2 is 1.75 bits per heavy atom. The zero-order valence-electron chi connectivity index (χ0n) is 17.9. The lowest BCUT2D eigenvalue weighted by Crippen LogP contribution is -2.43. The van der Waals surface area contributed by atoms with Gasteiger partial charge < -0.3 is 25.5 Å². The van der Waals surface area contributed by atoms with E-state index in [1.165, 1.54) is 7.11 Å². The quantitative estimate of drug-likeness (QED) is 0.418. The Morgan fingerprint density at radius 1 is 1.03 bits per heavy atom. The first kappa shape index (κ1) is 23.0. The molecule has 1 amide bonds. The van der Waals surface area contributed by atoms with Crippen LogP contribution in [0.25, 0.3) is 10.9 Å². The Labute approximate surface area is 186 Å². The molecule has 0 unspecified atom stereocenters. The van der Waals surface area contributed by atoms with E-state index in [0.717, 1.165) is 22.0 Å². The minimum atomic E-state index is -0.936. The van der Waals surface area contributed by atoms with Gasteiger partial charge in [-0.05, 0) is 23.6 Å². The fraction of sp³-hybridized carbons (Fsp3) is 0.292. The Hall–Kier alpha value is -3.65. The summed E-state index contributed by atoms with van der Waals surface area (Å²) in [7, 11) is 1.27. The average molecular weight is 437 g/mol. The lowest BCUT2D eigenvalue weighted by atomic mass is 10.0. The smallest absolute Gasteiger partial charge is 0.328 e. The molecule has 0 bridgehead atoms. The lowest BCUT2D eigenvalue weighted by Gasteiger charge is -2.17. The van der Waals surface area contributed by atoms with Crippen LogP contribution in [0.15, 0.2) is 60.8 Å². The van der Waals surface area contributed by atoms with E-state index in [0.29, 0.717) is 0 Å². The van der Waals surface area contributed by atoms with Crippen molar-refractivity contribution in [3.8, 4) is 0 Å². The molecule has 0 fully saturated rings. The number of fused-ring (bicyclic) bond motifs is 1. The van der Waals surface area contributed by atoms with Crippen molar-refractivity contribution in [1.82, 2.24) is 10.3 Å². The van der Waals surface area contributed by atoms with E-state index in [2.05, 4.69) is 10.3 Å². The van der Waals surface area contributed by atoms with Gasteiger partial charge in [-0.15, -0.1) is 0 Å². The Balaban J connectivity index is 1.51. The second-order valence-electron chi connectivity index (χ2n) is 7.45. The number of carbonyl (C=O) groups is 3. The highest BCUT2D eigenvalue weighted by atomic mass is 16.5. The van der Waals surface area contributed by atoms with Crippen LogP contribution in [-0.4, -0.2) is 42.0 Å². The molecule has 2 atom stereocenters. The molecule has 0 aliphatic heterocycles. The van der Waals surface area contributed by atoms with Gasteiger partial charge >= 0.3 is 11.9 Å². The molecule has 4 N–H and O–H groups in total. The highest BCUT2D eigenvalue weighted by Crippen LogP contribution is 2.19. The molecule has 0 radical (unpaired) electrons. The van der Waals surface area contributed by atoms with Crippen molar-refractivity contribution in [1.29, 1.82) is 0 Å². The number of aromatic amines is 1. The topological polar surface area (TPSA) is 124 Å². The number of amides is 1. The normalized spacial score (nSPS) is 12.7. The SMILES string of the molecule is COC(=O)[C@H](Cc1c[nH]c2ccccc12)NC(=O)CC[C@@H](N)C(=O)OCc1ccccc1. The highest BCUT2D eigenvalue weighted by Gasteiger charge is 2.24. The van der Waals surface area contributed by atoms with E-state index in [1.54, 1.807) is 0 Å². The van der Waals surface area contributed by atoms with Crippen molar-refractivity contribution in [2.24, 2.45) is 5.73 Å². The number of esters is 2. The second kappa shape index (κ2) is 11.1. The van der Waals surface area contributed by atoms with Crippen LogP contribution < -0.4 is 11.1 Å². The molecule has 3 rings (SSSR count). The number of rotatable bonds is 10. The second-order valence-corrected chi connectivity index (χ2v) is 7.45. The molecule has 0 saturated carbocycles. The van der Waals surface area contributed by atoms with Gasteiger partial charge in [-0.3, -0.25) is 9.59 Å². The summed E-state index contributed by atoms with van der Waals surface area (Å²) in [5, 5.41) is 3.66. The molecular formula is C24H27N3O5. The molecule has 8 heteroatoms. The summed E-state index contributed by atoms with van der Waals surface area (Å²) in [5.41, 5.74) is 8.55. The summed E-state index contributed by atoms with van der Waals surface area (Å²) in [4.78, 5) is 39.9. The molecule has 32 heavy (non-hydrogen) atoms. The summed E-state index contributed by atoms with van der Waals surface area (Å²) >= 11 is 0. The minimum Gasteiger partial charge on any atom is -0.467 e.